The van der Waals surface area contributed by atoms with Crippen LogP contribution in [0, 0.1) is 0 Å². The quantitative estimate of drug-likeness (QED) is 0.873. The average molecular weight is 263 g/mol. The summed E-state index contributed by atoms with van der Waals surface area (Å²) in [6.07, 6.45) is 5.63. The minimum Gasteiger partial charge on any atom is -0.367 e. The van der Waals surface area contributed by atoms with Gasteiger partial charge in [0.25, 0.3) is 5.91 Å². The number of thiazole rings is 1. The number of rotatable bonds is 4. The summed E-state index contributed by atoms with van der Waals surface area (Å²) < 4.78 is 0. The zero-order valence-electron chi connectivity index (χ0n) is 9.90. The molecule has 0 bridgehead atoms. The molecule has 18 heavy (non-hydrogen) atoms. The maximum atomic E-state index is 11.8. The Morgan fingerprint density at radius 2 is 2.39 bits per heavy atom. The van der Waals surface area contributed by atoms with Crippen LogP contribution in [0.1, 0.15) is 27.2 Å². The molecule has 5 nitrogen and oxygen atoms in total. The van der Waals surface area contributed by atoms with Gasteiger partial charge >= 0.3 is 0 Å². The summed E-state index contributed by atoms with van der Waals surface area (Å²) in [5, 5.41) is 3.52. The molecular weight excluding hydrogens is 250 g/mol. The molecule has 2 heterocycles. The molecule has 0 fully saturated rings. The molecule has 94 valence electrons. The Morgan fingerprint density at radius 1 is 1.56 bits per heavy atom. The lowest BCUT2D eigenvalue weighted by Crippen LogP contribution is -2.27. The second kappa shape index (κ2) is 5.59. The number of amides is 1. The van der Waals surface area contributed by atoms with Gasteiger partial charge in [0, 0.05) is 29.5 Å². The highest BCUT2D eigenvalue weighted by Gasteiger charge is 2.09. The molecule has 0 unspecified atom stereocenters. The summed E-state index contributed by atoms with van der Waals surface area (Å²) in [7, 11) is 0. The number of aryl methyl sites for hydroxylation is 1. The van der Waals surface area contributed by atoms with E-state index in [1.54, 1.807) is 11.3 Å². The molecule has 0 aliphatic rings. The van der Waals surface area contributed by atoms with E-state index in [1.807, 2.05) is 6.20 Å². The molecule has 0 saturated heterocycles. The van der Waals surface area contributed by atoms with Crippen molar-refractivity contribution in [1.82, 2.24) is 15.3 Å². The fraction of sp³-hybridized carbons (Fsp3) is 0.250. The molecule has 2 rings (SSSR count). The molecular formula is C12H13N3O2S. The molecule has 1 amide bonds. The van der Waals surface area contributed by atoms with Crippen molar-refractivity contribution in [2.75, 3.05) is 0 Å². The van der Waals surface area contributed by atoms with Crippen molar-refractivity contribution in [3.8, 4) is 0 Å². The maximum absolute atomic E-state index is 11.8. The second-order valence-corrected chi connectivity index (χ2v) is 4.88. The van der Waals surface area contributed by atoms with E-state index in [2.05, 4.69) is 22.2 Å². The SMILES string of the molecule is CCc1cnc(CNC(=O)c2c[nH]ccc2=O)s1. The van der Waals surface area contributed by atoms with Crippen LogP contribution in [0.2, 0.25) is 0 Å². The van der Waals surface area contributed by atoms with Gasteiger partial charge in [-0.25, -0.2) is 4.98 Å². The number of H-pyrrole nitrogens is 1. The molecule has 0 aromatic carbocycles. The van der Waals surface area contributed by atoms with Crippen molar-refractivity contribution >= 4 is 17.2 Å². The van der Waals surface area contributed by atoms with Gasteiger partial charge in [-0.2, -0.15) is 0 Å². The van der Waals surface area contributed by atoms with Gasteiger partial charge in [-0.3, -0.25) is 9.59 Å². The third-order valence-corrected chi connectivity index (χ3v) is 3.56. The van der Waals surface area contributed by atoms with E-state index in [0.29, 0.717) is 6.54 Å². The monoisotopic (exact) mass is 263 g/mol. The molecule has 2 N–H and O–H groups in total. The van der Waals surface area contributed by atoms with E-state index in [-0.39, 0.29) is 16.9 Å². The van der Waals surface area contributed by atoms with Crippen LogP contribution in [0.3, 0.4) is 0 Å². The van der Waals surface area contributed by atoms with Crippen LogP contribution in [0.15, 0.2) is 29.5 Å². The van der Waals surface area contributed by atoms with Gasteiger partial charge in [0.2, 0.25) is 0 Å². The Bertz CT molecular complexity index is 603. The first-order chi connectivity index (χ1) is 8.70. The van der Waals surface area contributed by atoms with Crippen molar-refractivity contribution in [2.24, 2.45) is 0 Å². The molecule has 0 radical (unpaired) electrons. The van der Waals surface area contributed by atoms with E-state index in [4.69, 9.17) is 0 Å². The molecule has 0 aliphatic carbocycles. The summed E-state index contributed by atoms with van der Waals surface area (Å²) in [6.45, 7) is 2.40. The Balaban J connectivity index is 2.00. The van der Waals surface area contributed by atoms with Crippen molar-refractivity contribution in [3.63, 3.8) is 0 Å². The van der Waals surface area contributed by atoms with E-state index >= 15 is 0 Å². The molecule has 0 saturated carbocycles. The van der Waals surface area contributed by atoms with Crippen LogP contribution < -0.4 is 10.7 Å². The number of aromatic amines is 1. The Hall–Kier alpha value is -1.95. The Morgan fingerprint density at radius 3 is 3.06 bits per heavy atom. The standard InChI is InChI=1S/C12H13N3O2S/c1-2-8-5-14-11(18-8)7-15-12(17)9-6-13-4-3-10(9)16/h3-6H,2,7H2,1H3,(H,13,16)(H,15,17). The van der Waals surface area contributed by atoms with Crippen LogP contribution in [0.5, 0.6) is 0 Å². The summed E-state index contributed by atoms with van der Waals surface area (Å²) >= 11 is 1.56. The predicted octanol–water partition coefficient (Wildman–Crippen LogP) is 1.32. The van der Waals surface area contributed by atoms with Gasteiger partial charge in [-0.15, -0.1) is 11.3 Å². The normalized spacial score (nSPS) is 10.3. The third-order valence-electron chi connectivity index (χ3n) is 2.42. The molecule has 6 heteroatoms. The van der Waals surface area contributed by atoms with E-state index < -0.39 is 0 Å². The summed E-state index contributed by atoms with van der Waals surface area (Å²) in [5.74, 6) is -0.384. The summed E-state index contributed by atoms with van der Waals surface area (Å²) in [4.78, 5) is 31.3. The zero-order valence-corrected chi connectivity index (χ0v) is 10.7. The van der Waals surface area contributed by atoms with Crippen molar-refractivity contribution < 1.29 is 4.79 Å². The van der Waals surface area contributed by atoms with Crippen LogP contribution in [-0.2, 0) is 13.0 Å². The minimum absolute atomic E-state index is 0.116. The minimum atomic E-state index is -0.384. The van der Waals surface area contributed by atoms with E-state index in [9.17, 15) is 9.59 Å². The first kappa shape index (κ1) is 12.5. The number of pyridine rings is 1. The first-order valence-electron chi connectivity index (χ1n) is 5.59. The first-order valence-corrected chi connectivity index (χ1v) is 6.41. The number of carbonyl (C=O) groups is 1. The Labute approximate surface area is 108 Å². The Kier molecular flexibility index (Phi) is 3.88. The van der Waals surface area contributed by atoms with Gasteiger partial charge in [-0.05, 0) is 6.42 Å². The third kappa shape index (κ3) is 2.84. The number of aromatic nitrogens is 2. The van der Waals surface area contributed by atoms with Crippen molar-refractivity contribution in [3.05, 3.63) is 50.3 Å². The maximum Gasteiger partial charge on any atom is 0.257 e. The van der Waals surface area contributed by atoms with Gasteiger partial charge < -0.3 is 10.3 Å². The lowest BCUT2D eigenvalue weighted by molar-refractivity contribution is 0.0949. The highest BCUT2D eigenvalue weighted by atomic mass is 32.1. The van der Waals surface area contributed by atoms with Crippen LogP contribution in [0.4, 0.5) is 0 Å². The van der Waals surface area contributed by atoms with Crippen LogP contribution >= 0.6 is 11.3 Å². The molecule has 2 aromatic rings. The number of nitrogens with one attached hydrogen (secondary N) is 2. The van der Waals surface area contributed by atoms with Gasteiger partial charge in [0.1, 0.15) is 10.6 Å². The number of hydrogen-bond acceptors (Lipinski definition) is 4. The second-order valence-electron chi connectivity index (χ2n) is 3.68. The average Bonchev–Trinajstić information content (AvgIpc) is 2.84. The zero-order chi connectivity index (χ0) is 13.0. The number of nitrogens with zero attached hydrogens (tertiary/aromatic N) is 1. The largest absolute Gasteiger partial charge is 0.367 e. The molecule has 0 spiro atoms. The summed E-state index contributed by atoms with van der Waals surface area (Å²) in [5.41, 5.74) is -0.176. The fourth-order valence-corrected chi connectivity index (χ4v) is 2.24. The topological polar surface area (TPSA) is 74.8 Å². The van der Waals surface area contributed by atoms with Crippen molar-refractivity contribution in [2.45, 2.75) is 19.9 Å². The highest BCUT2D eigenvalue weighted by molar-refractivity contribution is 7.11. The van der Waals surface area contributed by atoms with Gasteiger partial charge in [0.05, 0.1) is 6.54 Å². The lowest BCUT2D eigenvalue weighted by Gasteiger charge is -2.01. The smallest absolute Gasteiger partial charge is 0.257 e. The number of hydrogen-bond donors (Lipinski definition) is 2. The number of carbonyl (C=O) groups excluding carboxylic acids is 1. The summed E-state index contributed by atoms with van der Waals surface area (Å²) in [6, 6.07) is 1.33. The highest BCUT2D eigenvalue weighted by Crippen LogP contribution is 2.12. The van der Waals surface area contributed by atoms with Gasteiger partial charge in [-0.1, -0.05) is 6.92 Å². The molecule has 0 aliphatic heterocycles. The molecule has 0 atom stereocenters. The van der Waals surface area contributed by atoms with Crippen LogP contribution in [-0.4, -0.2) is 15.9 Å². The van der Waals surface area contributed by atoms with Crippen molar-refractivity contribution in [1.29, 1.82) is 0 Å². The van der Waals surface area contributed by atoms with Crippen LogP contribution in [0.25, 0.3) is 0 Å². The van der Waals surface area contributed by atoms with E-state index in [0.717, 1.165) is 11.4 Å². The lowest BCUT2D eigenvalue weighted by atomic mass is 10.2. The molecule has 2 aromatic heterocycles. The van der Waals surface area contributed by atoms with E-state index in [1.165, 1.54) is 23.3 Å². The van der Waals surface area contributed by atoms with Gasteiger partial charge in [0.15, 0.2) is 5.43 Å². The predicted molar refractivity (Wildman–Crippen MR) is 69.7 cm³/mol. The fourth-order valence-electron chi connectivity index (χ4n) is 1.44.